The molecule has 2 rings (SSSR count). The second-order valence-corrected chi connectivity index (χ2v) is 5.90. The number of aromatic nitrogens is 1. The summed E-state index contributed by atoms with van der Waals surface area (Å²) in [7, 11) is 0. The van der Waals surface area contributed by atoms with Crippen LogP contribution in [0.3, 0.4) is 0 Å². The van der Waals surface area contributed by atoms with Crippen molar-refractivity contribution in [1.29, 1.82) is 0 Å². The van der Waals surface area contributed by atoms with Crippen LogP contribution in [0.1, 0.15) is 26.3 Å². The lowest BCUT2D eigenvalue weighted by Crippen LogP contribution is -2.32. The van der Waals surface area contributed by atoms with Crippen molar-refractivity contribution in [2.45, 2.75) is 32.9 Å². The minimum absolute atomic E-state index is 0.0730. The summed E-state index contributed by atoms with van der Waals surface area (Å²) in [6.45, 7) is 5.85. The number of carbonyl (C=O) groups is 1. The first-order valence-corrected chi connectivity index (χ1v) is 6.89. The normalized spacial score (nSPS) is 11.6. The lowest BCUT2D eigenvalue weighted by Gasteiger charge is -2.19. The Labute approximate surface area is 123 Å². The van der Waals surface area contributed by atoms with E-state index in [0.717, 1.165) is 10.9 Å². The van der Waals surface area contributed by atoms with Crippen molar-refractivity contribution in [3.8, 4) is 0 Å². The summed E-state index contributed by atoms with van der Waals surface area (Å²) in [5.41, 5.74) is 0.750. The highest BCUT2D eigenvalue weighted by Gasteiger charge is 2.15. The van der Waals surface area contributed by atoms with E-state index in [1.54, 1.807) is 0 Å². The molecule has 5 nitrogen and oxygen atoms in total. The Hall–Kier alpha value is -2.14. The molecule has 0 saturated carbocycles. The highest BCUT2D eigenvalue weighted by Crippen LogP contribution is 2.10. The average molecular weight is 288 g/mol. The van der Waals surface area contributed by atoms with Crippen LogP contribution in [-0.4, -0.2) is 23.1 Å². The number of ether oxygens (including phenoxy) is 1. The Balaban J connectivity index is 1.99. The summed E-state index contributed by atoms with van der Waals surface area (Å²) in [5.74, 6) is -0.334. The van der Waals surface area contributed by atoms with Gasteiger partial charge in [-0.15, -0.1) is 0 Å². The van der Waals surface area contributed by atoms with Crippen molar-refractivity contribution in [3.05, 3.63) is 46.2 Å². The average Bonchev–Trinajstić information content (AvgIpc) is 2.37. The molecular weight excluding hydrogens is 268 g/mol. The van der Waals surface area contributed by atoms with Crippen LogP contribution in [0.2, 0.25) is 0 Å². The molecule has 0 radical (unpaired) electrons. The van der Waals surface area contributed by atoms with Gasteiger partial charge >= 0.3 is 5.97 Å². The van der Waals surface area contributed by atoms with Crippen LogP contribution in [0.4, 0.5) is 0 Å². The predicted molar refractivity (Wildman–Crippen MR) is 82.1 cm³/mol. The third-order valence-electron chi connectivity index (χ3n) is 2.84. The molecule has 21 heavy (non-hydrogen) atoms. The molecule has 2 aromatic rings. The molecule has 0 saturated heterocycles. The van der Waals surface area contributed by atoms with Crippen LogP contribution in [0.25, 0.3) is 10.9 Å². The lowest BCUT2D eigenvalue weighted by molar-refractivity contribution is -0.153. The number of aromatic amines is 1. The third kappa shape index (κ3) is 4.43. The van der Waals surface area contributed by atoms with Gasteiger partial charge in [-0.3, -0.25) is 9.59 Å². The van der Waals surface area contributed by atoms with Crippen LogP contribution in [0.15, 0.2) is 35.1 Å². The summed E-state index contributed by atoms with van der Waals surface area (Å²) < 4.78 is 5.19. The quantitative estimate of drug-likeness (QED) is 0.844. The zero-order valence-corrected chi connectivity index (χ0v) is 12.5. The molecule has 0 aliphatic heterocycles. The number of carbonyl (C=O) groups excluding carboxylic acids is 1. The molecule has 0 unspecified atom stereocenters. The van der Waals surface area contributed by atoms with E-state index in [2.05, 4.69) is 10.3 Å². The Morgan fingerprint density at radius 3 is 2.71 bits per heavy atom. The van der Waals surface area contributed by atoms with Gasteiger partial charge < -0.3 is 15.0 Å². The van der Waals surface area contributed by atoms with E-state index in [1.807, 2.05) is 51.1 Å². The van der Waals surface area contributed by atoms with Crippen LogP contribution in [-0.2, 0) is 16.1 Å². The first-order valence-electron chi connectivity index (χ1n) is 6.89. The van der Waals surface area contributed by atoms with Crippen LogP contribution in [0.5, 0.6) is 0 Å². The maximum absolute atomic E-state index is 11.9. The van der Waals surface area contributed by atoms with Crippen LogP contribution in [0, 0.1) is 0 Å². The minimum Gasteiger partial charge on any atom is -0.459 e. The van der Waals surface area contributed by atoms with Gasteiger partial charge in [0.05, 0.1) is 6.54 Å². The van der Waals surface area contributed by atoms with Crippen LogP contribution < -0.4 is 10.9 Å². The Morgan fingerprint density at radius 2 is 2.00 bits per heavy atom. The van der Waals surface area contributed by atoms with Gasteiger partial charge in [-0.05, 0) is 38.3 Å². The van der Waals surface area contributed by atoms with Gasteiger partial charge in [-0.25, -0.2) is 0 Å². The number of pyridine rings is 1. The van der Waals surface area contributed by atoms with Gasteiger partial charge in [-0.2, -0.15) is 0 Å². The second kappa shape index (κ2) is 6.10. The molecule has 0 atom stereocenters. The number of hydrogen-bond acceptors (Lipinski definition) is 4. The second-order valence-electron chi connectivity index (χ2n) is 5.90. The van der Waals surface area contributed by atoms with Gasteiger partial charge in [0.15, 0.2) is 0 Å². The number of fused-ring (bicyclic) bond motifs is 1. The van der Waals surface area contributed by atoms with Gasteiger partial charge in [-0.1, -0.05) is 18.2 Å². The zero-order valence-electron chi connectivity index (χ0n) is 12.5. The molecule has 0 aliphatic carbocycles. The number of rotatable bonds is 4. The molecule has 1 heterocycles. The van der Waals surface area contributed by atoms with Crippen LogP contribution >= 0.6 is 0 Å². The standard InChI is InChI=1S/C16H20N2O3/c1-16(2,3)21-14(19)10-17-9-12-8-11-6-4-5-7-13(11)18-15(12)20/h4-8,17H,9-10H2,1-3H3,(H,18,20). The van der Waals surface area contributed by atoms with E-state index in [0.29, 0.717) is 12.1 Å². The predicted octanol–water partition coefficient (Wildman–Crippen LogP) is 1.96. The molecule has 0 amide bonds. The largest absolute Gasteiger partial charge is 0.459 e. The fourth-order valence-corrected chi connectivity index (χ4v) is 2.00. The SMILES string of the molecule is CC(C)(C)OC(=O)CNCc1cc2ccccc2[nH]c1=O. The molecular formula is C16H20N2O3. The van der Waals surface area contributed by atoms with Crippen molar-refractivity contribution in [2.24, 2.45) is 0 Å². The topological polar surface area (TPSA) is 71.2 Å². The molecule has 1 aromatic heterocycles. The van der Waals surface area contributed by atoms with Crippen molar-refractivity contribution in [3.63, 3.8) is 0 Å². The molecule has 0 spiro atoms. The Bertz CT molecular complexity index is 698. The molecule has 0 fully saturated rings. The van der Waals surface area contributed by atoms with Gasteiger partial charge in [0.1, 0.15) is 5.60 Å². The first kappa shape index (κ1) is 15.3. The molecule has 0 aliphatic rings. The number of H-pyrrole nitrogens is 1. The van der Waals surface area contributed by atoms with E-state index in [-0.39, 0.29) is 18.1 Å². The highest BCUT2D eigenvalue weighted by atomic mass is 16.6. The van der Waals surface area contributed by atoms with Gasteiger partial charge in [0.2, 0.25) is 0 Å². The van der Waals surface area contributed by atoms with E-state index < -0.39 is 5.60 Å². The van der Waals surface area contributed by atoms with E-state index >= 15 is 0 Å². The van der Waals surface area contributed by atoms with Gasteiger partial charge in [0, 0.05) is 17.6 Å². The first-order chi connectivity index (χ1) is 9.85. The van der Waals surface area contributed by atoms with Gasteiger partial charge in [0.25, 0.3) is 5.56 Å². The Morgan fingerprint density at radius 1 is 1.29 bits per heavy atom. The minimum atomic E-state index is -0.501. The fraction of sp³-hybridized carbons (Fsp3) is 0.375. The summed E-state index contributed by atoms with van der Waals surface area (Å²) in [6.07, 6.45) is 0. The number of esters is 1. The maximum atomic E-state index is 11.9. The smallest absolute Gasteiger partial charge is 0.320 e. The summed E-state index contributed by atoms with van der Waals surface area (Å²) >= 11 is 0. The van der Waals surface area contributed by atoms with E-state index in [4.69, 9.17) is 4.74 Å². The summed E-state index contributed by atoms with van der Waals surface area (Å²) in [6, 6.07) is 9.41. The molecule has 1 aromatic carbocycles. The highest BCUT2D eigenvalue weighted by molar-refractivity contribution is 5.78. The fourth-order valence-electron chi connectivity index (χ4n) is 2.00. The van der Waals surface area contributed by atoms with Crippen molar-refractivity contribution in [2.75, 3.05) is 6.54 Å². The van der Waals surface area contributed by atoms with Crippen molar-refractivity contribution < 1.29 is 9.53 Å². The number of nitrogens with one attached hydrogen (secondary N) is 2. The summed E-state index contributed by atoms with van der Waals surface area (Å²) in [5, 5.41) is 3.90. The monoisotopic (exact) mass is 288 g/mol. The molecule has 112 valence electrons. The van der Waals surface area contributed by atoms with E-state index in [9.17, 15) is 9.59 Å². The molecule has 0 bridgehead atoms. The number of hydrogen-bond donors (Lipinski definition) is 2. The zero-order chi connectivity index (χ0) is 15.5. The molecule has 2 N–H and O–H groups in total. The Kier molecular flexibility index (Phi) is 4.43. The third-order valence-corrected chi connectivity index (χ3v) is 2.84. The molecule has 5 heteroatoms. The maximum Gasteiger partial charge on any atom is 0.320 e. The number of benzene rings is 1. The summed E-state index contributed by atoms with van der Waals surface area (Å²) in [4.78, 5) is 26.3. The van der Waals surface area contributed by atoms with Crippen molar-refractivity contribution in [1.82, 2.24) is 10.3 Å². The lowest BCUT2D eigenvalue weighted by atomic mass is 10.1. The van der Waals surface area contributed by atoms with Crippen molar-refractivity contribution >= 4 is 16.9 Å². The number of para-hydroxylation sites is 1. The van der Waals surface area contributed by atoms with E-state index in [1.165, 1.54) is 0 Å².